The van der Waals surface area contributed by atoms with Gasteiger partial charge in [-0.25, -0.2) is 4.39 Å². The Labute approximate surface area is 184 Å². The molecule has 1 N–H and O–H groups in total. The summed E-state index contributed by atoms with van der Waals surface area (Å²) >= 11 is 6.08. The Bertz CT molecular complexity index is 551. The first-order valence-electron chi connectivity index (χ1n) is 7.33. The zero-order chi connectivity index (χ0) is 18.4. The number of halogens is 3. The molecule has 1 unspecified atom stereocenters. The van der Waals surface area contributed by atoms with Crippen molar-refractivity contribution in [1.82, 2.24) is 0 Å². The van der Waals surface area contributed by atoms with Crippen LogP contribution in [0.15, 0.2) is 31.4 Å². The molecule has 0 radical (unpaired) electrons. The van der Waals surface area contributed by atoms with Crippen LogP contribution in [-0.4, -0.2) is 36.5 Å². The summed E-state index contributed by atoms with van der Waals surface area (Å²) in [5.41, 5.74) is 0.461. The third kappa shape index (κ3) is 8.24. The summed E-state index contributed by atoms with van der Waals surface area (Å²) in [6.45, 7) is 21.1. The van der Waals surface area contributed by atoms with Crippen LogP contribution in [0, 0.1) is 12.4 Å². The normalized spacial score (nSPS) is 12.0. The maximum atomic E-state index is 14.5. The zero-order valence-corrected chi connectivity index (χ0v) is 20.5. The van der Waals surface area contributed by atoms with Crippen molar-refractivity contribution < 1.29 is 30.9 Å². The molecule has 1 aromatic carbocycles. The Morgan fingerprint density at radius 2 is 1.84 bits per heavy atom. The quantitative estimate of drug-likeness (QED) is 0.414. The first-order valence-corrected chi connectivity index (χ1v) is 10.6. The molecule has 1 rings (SSSR count). The molecule has 0 aromatic heterocycles. The van der Waals surface area contributed by atoms with Crippen LogP contribution in [0.1, 0.15) is 38.0 Å². The molecule has 1 atom stereocenters. The van der Waals surface area contributed by atoms with Crippen LogP contribution >= 0.6 is 11.6 Å². The van der Waals surface area contributed by atoms with Gasteiger partial charge in [0.05, 0.1) is 12.7 Å². The van der Waals surface area contributed by atoms with Crippen molar-refractivity contribution in [1.29, 1.82) is 0 Å². The predicted octanol–water partition coefficient (Wildman–Crippen LogP) is 2.45. The van der Waals surface area contributed by atoms with Gasteiger partial charge in [-0.15, -0.1) is 6.58 Å². The second kappa shape index (κ2) is 12.6. The second-order valence-corrected chi connectivity index (χ2v) is 11.9. The Hall–Kier alpha value is 0.303. The van der Waals surface area contributed by atoms with Crippen LogP contribution in [-0.2, 0) is 11.0 Å². The van der Waals surface area contributed by atoms with Gasteiger partial charge in [-0.1, -0.05) is 44.5 Å². The molecular weight excluding hydrogens is 435 g/mol. The Kier molecular flexibility index (Phi) is 15.2. The van der Waals surface area contributed by atoms with E-state index in [0.717, 1.165) is 0 Å². The monoisotopic (exact) mass is 460 g/mol. The minimum absolute atomic E-state index is 0. The van der Waals surface area contributed by atoms with E-state index < -0.39 is 20.2 Å². The summed E-state index contributed by atoms with van der Waals surface area (Å²) in [4.78, 5) is 0. The fourth-order valence-corrected chi connectivity index (χ4v) is 2.71. The van der Waals surface area contributed by atoms with Gasteiger partial charge in [0, 0.05) is 16.1 Å². The Morgan fingerprint density at radius 3 is 2.24 bits per heavy atom. The topological polar surface area (TPSA) is 29.5 Å². The van der Waals surface area contributed by atoms with Crippen LogP contribution in [0.3, 0.4) is 0 Å². The van der Waals surface area contributed by atoms with E-state index in [0.29, 0.717) is 10.6 Å². The SMILES string of the molecule is C=CC(O)c1ccc(Cl)c(CO[Si](C)(C)C(C)(C)C)c1F.[Br-].[CH-]=C.[Mg+2]. The standard InChI is InChI=1S/C16H24ClFO2Si.C2H3.BrH.Mg/c1-7-14(19)11-8-9-13(17)12(15(11)18)10-20-21(5,6)16(2,3)4;1-2;;/h7-9,14,19H,1,10H2,2-6H3;1H,2H2;1H;/q;-1;;+2/p-1. The van der Waals surface area contributed by atoms with Gasteiger partial charge >= 0.3 is 23.1 Å². The smallest absolute Gasteiger partial charge is 1.00 e. The third-order valence-corrected chi connectivity index (χ3v) is 8.97. The molecule has 0 heterocycles. The number of hydrogen-bond donors (Lipinski definition) is 1. The summed E-state index contributed by atoms with van der Waals surface area (Å²) in [5, 5.41) is 10.1. The van der Waals surface area contributed by atoms with E-state index in [1.54, 1.807) is 6.07 Å². The molecule has 0 aliphatic rings. The first-order chi connectivity index (χ1) is 10.5. The van der Waals surface area contributed by atoms with Crippen molar-refractivity contribution in [3.63, 3.8) is 0 Å². The van der Waals surface area contributed by atoms with Gasteiger partial charge in [0.1, 0.15) is 5.82 Å². The van der Waals surface area contributed by atoms with Crippen molar-refractivity contribution in [3.05, 3.63) is 59.9 Å². The zero-order valence-electron chi connectivity index (χ0n) is 15.7. The van der Waals surface area contributed by atoms with Crippen molar-refractivity contribution in [2.45, 2.75) is 51.6 Å². The largest absolute Gasteiger partial charge is 2.00 e. The van der Waals surface area contributed by atoms with E-state index in [1.807, 2.05) is 0 Å². The number of aliphatic hydroxyl groups is 1. The van der Waals surface area contributed by atoms with E-state index in [2.05, 4.69) is 53.6 Å². The number of rotatable bonds is 5. The molecule has 0 saturated carbocycles. The van der Waals surface area contributed by atoms with Crippen LogP contribution in [0.25, 0.3) is 0 Å². The molecule has 138 valence electrons. The van der Waals surface area contributed by atoms with Gasteiger partial charge in [-0.3, -0.25) is 6.58 Å². The van der Waals surface area contributed by atoms with Gasteiger partial charge in [-0.2, -0.15) is 0 Å². The van der Waals surface area contributed by atoms with Crippen LogP contribution in [0.2, 0.25) is 23.2 Å². The average molecular weight is 462 g/mol. The predicted molar refractivity (Wildman–Crippen MR) is 104 cm³/mol. The minimum Gasteiger partial charge on any atom is -1.00 e. The molecule has 0 aliphatic heterocycles. The molecule has 2 nitrogen and oxygen atoms in total. The molecule has 0 spiro atoms. The van der Waals surface area contributed by atoms with Crippen molar-refractivity contribution in [2.75, 3.05) is 0 Å². The molecule has 25 heavy (non-hydrogen) atoms. The molecule has 0 amide bonds. The summed E-state index contributed by atoms with van der Waals surface area (Å²) in [6, 6.07) is 3.05. The van der Waals surface area contributed by atoms with E-state index in [-0.39, 0.29) is 57.2 Å². The summed E-state index contributed by atoms with van der Waals surface area (Å²) in [6.07, 6.45) is 0.235. The Morgan fingerprint density at radius 1 is 1.36 bits per heavy atom. The van der Waals surface area contributed by atoms with Crippen LogP contribution < -0.4 is 17.0 Å². The average Bonchev–Trinajstić information content (AvgIpc) is 2.47. The van der Waals surface area contributed by atoms with E-state index >= 15 is 0 Å². The van der Waals surface area contributed by atoms with E-state index in [1.165, 1.54) is 12.1 Å². The number of aliphatic hydroxyl groups excluding tert-OH is 1. The molecular formula is C18H27BrClFMgO2Si. The van der Waals surface area contributed by atoms with Crippen molar-refractivity contribution in [2.24, 2.45) is 0 Å². The van der Waals surface area contributed by atoms with Gasteiger partial charge in [0.2, 0.25) is 0 Å². The maximum absolute atomic E-state index is 14.5. The minimum atomic E-state index is -1.99. The van der Waals surface area contributed by atoms with Gasteiger partial charge in [0.25, 0.3) is 0 Å². The summed E-state index contributed by atoms with van der Waals surface area (Å²) < 4.78 is 20.5. The van der Waals surface area contributed by atoms with Crippen molar-refractivity contribution in [3.8, 4) is 0 Å². The molecule has 0 bridgehead atoms. The van der Waals surface area contributed by atoms with Crippen LogP contribution in [0.5, 0.6) is 0 Å². The molecule has 0 aliphatic carbocycles. The van der Waals surface area contributed by atoms with Gasteiger partial charge in [-0.05, 0) is 24.2 Å². The maximum Gasteiger partial charge on any atom is 2.00 e. The van der Waals surface area contributed by atoms with Crippen molar-refractivity contribution >= 4 is 43.0 Å². The van der Waals surface area contributed by atoms with Gasteiger partial charge in [0.15, 0.2) is 8.32 Å². The second-order valence-electron chi connectivity index (χ2n) is 6.66. The molecule has 7 heteroatoms. The summed E-state index contributed by atoms with van der Waals surface area (Å²) in [7, 11) is -1.99. The fraction of sp³-hybridized carbons (Fsp3) is 0.444. The van der Waals surface area contributed by atoms with Crippen LogP contribution in [0.4, 0.5) is 4.39 Å². The molecule has 0 fully saturated rings. The molecule has 1 aromatic rings. The van der Waals surface area contributed by atoms with E-state index in [4.69, 9.17) is 16.0 Å². The number of benzene rings is 1. The van der Waals surface area contributed by atoms with E-state index in [9.17, 15) is 9.50 Å². The number of hydrogen-bond acceptors (Lipinski definition) is 2. The third-order valence-electron chi connectivity index (χ3n) is 4.14. The fourth-order valence-electron chi connectivity index (χ4n) is 1.57. The first kappa shape index (κ1) is 30.0. The van der Waals surface area contributed by atoms with Gasteiger partial charge < -0.3 is 33.1 Å². The summed E-state index contributed by atoms with van der Waals surface area (Å²) in [5.74, 6) is -0.520. The molecule has 0 saturated heterocycles. The Balaban J connectivity index is -0.00000116.